The molecule has 2 aromatic rings. The summed E-state index contributed by atoms with van der Waals surface area (Å²) in [6.07, 6.45) is 2.58. The maximum atomic E-state index is 12.9. The van der Waals surface area contributed by atoms with Gasteiger partial charge in [-0.15, -0.1) is 0 Å². The Kier molecular flexibility index (Phi) is 6.63. The Labute approximate surface area is 189 Å². The summed E-state index contributed by atoms with van der Waals surface area (Å²) < 4.78 is 11.4. The molecule has 170 valence electrons. The molecule has 4 atom stereocenters. The zero-order valence-electron chi connectivity index (χ0n) is 19.0. The molecule has 6 nitrogen and oxygen atoms in total. The van der Waals surface area contributed by atoms with Crippen molar-refractivity contribution in [3.05, 3.63) is 65.7 Å². The third-order valence-electron chi connectivity index (χ3n) is 7.08. The lowest BCUT2D eigenvalue weighted by Gasteiger charge is -2.55. The first-order valence-corrected chi connectivity index (χ1v) is 11.3. The van der Waals surface area contributed by atoms with Gasteiger partial charge in [-0.2, -0.15) is 0 Å². The predicted molar refractivity (Wildman–Crippen MR) is 123 cm³/mol. The molecular weight excluding hydrogens is 404 g/mol. The summed E-state index contributed by atoms with van der Waals surface area (Å²) in [5.41, 5.74) is 1.64. The first-order valence-electron chi connectivity index (χ1n) is 11.3. The van der Waals surface area contributed by atoms with Crippen LogP contribution in [-0.4, -0.2) is 56.2 Å². The third-order valence-corrected chi connectivity index (χ3v) is 7.08. The van der Waals surface area contributed by atoms with Crippen molar-refractivity contribution >= 4 is 11.9 Å². The minimum atomic E-state index is -0.328. The van der Waals surface area contributed by atoms with E-state index in [9.17, 15) is 9.59 Å². The van der Waals surface area contributed by atoms with E-state index in [2.05, 4.69) is 23.3 Å². The fourth-order valence-electron chi connectivity index (χ4n) is 5.61. The van der Waals surface area contributed by atoms with Crippen LogP contribution in [-0.2, 0) is 14.9 Å². The van der Waals surface area contributed by atoms with E-state index in [1.807, 2.05) is 48.5 Å². The van der Waals surface area contributed by atoms with E-state index < -0.39 is 0 Å². The Balaban J connectivity index is 1.67. The molecule has 0 bridgehead atoms. The molecule has 32 heavy (non-hydrogen) atoms. The van der Waals surface area contributed by atoms with Crippen molar-refractivity contribution < 1.29 is 19.1 Å². The number of nitrogens with zero attached hydrogens (tertiary/aromatic N) is 1. The van der Waals surface area contributed by atoms with Crippen LogP contribution in [0.15, 0.2) is 54.6 Å². The number of likely N-dealkylation sites (tertiary alicyclic amines) is 1. The molecule has 2 aromatic carbocycles. The molecule has 1 saturated carbocycles. The van der Waals surface area contributed by atoms with E-state index in [4.69, 9.17) is 9.47 Å². The van der Waals surface area contributed by atoms with Crippen LogP contribution in [0.25, 0.3) is 0 Å². The predicted octanol–water partition coefficient (Wildman–Crippen LogP) is 3.41. The van der Waals surface area contributed by atoms with Crippen molar-refractivity contribution in [2.75, 3.05) is 27.2 Å². The molecule has 1 amide bonds. The molecule has 6 heteroatoms. The minimum Gasteiger partial charge on any atom is -0.427 e. The Morgan fingerprint density at radius 2 is 1.91 bits per heavy atom. The largest absolute Gasteiger partial charge is 0.427 e. The maximum Gasteiger partial charge on any atom is 0.308 e. The zero-order valence-corrected chi connectivity index (χ0v) is 19.0. The first-order chi connectivity index (χ1) is 15.4. The highest BCUT2D eigenvalue weighted by Crippen LogP contribution is 2.50. The van der Waals surface area contributed by atoms with Crippen LogP contribution in [0.5, 0.6) is 5.75 Å². The summed E-state index contributed by atoms with van der Waals surface area (Å²) in [4.78, 5) is 26.8. The minimum absolute atomic E-state index is 0.00954. The number of rotatable bonds is 5. The maximum absolute atomic E-state index is 12.9. The van der Waals surface area contributed by atoms with Gasteiger partial charge in [-0.05, 0) is 62.7 Å². The standard InChI is InChI=1S/C26H32N2O4/c1-18(29)32-22-11-7-10-20(14-22)26-12-13-28(2)17-23(26)24(31-3)15-21(16-26)27-25(30)19-8-5-4-6-9-19/h4-11,14,21,23-24H,12-13,15-17H2,1-3H3,(H,27,30)/t21-,23-,24?,26-/m0/s1. The first kappa shape index (κ1) is 22.5. The number of amides is 1. The molecule has 2 fully saturated rings. The van der Waals surface area contributed by atoms with Gasteiger partial charge in [0.2, 0.25) is 0 Å². The Morgan fingerprint density at radius 3 is 2.62 bits per heavy atom. The Bertz CT molecular complexity index is 963. The smallest absolute Gasteiger partial charge is 0.308 e. The van der Waals surface area contributed by atoms with Crippen molar-refractivity contribution in [2.45, 2.75) is 43.7 Å². The van der Waals surface area contributed by atoms with Crippen LogP contribution < -0.4 is 10.1 Å². The molecule has 1 N–H and O–H groups in total. The summed E-state index contributed by atoms with van der Waals surface area (Å²) in [5.74, 6) is 0.460. The zero-order chi connectivity index (χ0) is 22.7. The van der Waals surface area contributed by atoms with Crippen LogP contribution in [0, 0.1) is 5.92 Å². The van der Waals surface area contributed by atoms with E-state index in [-0.39, 0.29) is 35.4 Å². The van der Waals surface area contributed by atoms with Crippen LogP contribution in [0.4, 0.5) is 0 Å². The second-order valence-electron chi connectivity index (χ2n) is 9.15. The van der Waals surface area contributed by atoms with Crippen LogP contribution in [0.3, 0.4) is 0 Å². The third kappa shape index (κ3) is 4.57. The van der Waals surface area contributed by atoms with E-state index in [1.165, 1.54) is 6.92 Å². The normalized spacial score (nSPS) is 27.9. The van der Waals surface area contributed by atoms with Gasteiger partial charge >= 0.3 is 5.97 Å². The molecule has 1 saturated heterocycles. The molecule has 0 radical (unpaired) electrons. The average Bonchev–Trinajstić information content (AvgIpc) is 2.79. The molecule has 1 unspecified atom stereocenters. The molecular formula is C26H32N2O4. The van der Waals surface area contributed by atoms with Gasteiger partial charge in [0.1, 0.15) is 5.75 Å². The van der Waals surface area contributed by atoms with E-state index in [1.54, 1.807) is 7.11 Å². The number of carbonyl (C=O) groups is 2. The van der Waals surface area contributed by atoms with Crippen molar-refractivity contribution in [3.8, 4) is 5.75 Å². The highest BCUT2D eigenvalue weighted by Gasteiger charge is 2.52. The van der Waals surface area contributed by atoms with Gasteiger partial charge in [-0.1, -0.05) is 30.3 Å². The number of methoxy groups -OCH3 is 1. The Hall–Kier alpha value is -2.70. The second-order valence-corrected chi connectivity index (χ2v) is 9.15. The fourth-order valence-corrected chi connectivity index (χ4v) is 5.61. The van der Waals surface area contributed by atoms with Gasteiger partial charge in [0.15, 0.2) is 0 Å². The Morgan fingerprint density at radius 1 is 1.12 bits per heavy atom. The molecule has 0 spiro atoms. The number of hydrogen-bond acceptors (Lipinski definition) is 5. The summed E-state index contributed by atoms with van der Waals surface area (Å²) in [5, 5.41) is 3.27. The molecule has 2 aliphatic rings. The average molecular weight is 437 g/mol. The van der Waals surface area contributed by atoms with Gasteiger partial charge in [0.25, 0.3) is 5.91 Å². The van der Waals surface area contributed by atoms with E-state index >= 15 is 0 Å². The second kappa shape index (κ2) is 9.43. The molecule has 1 heterocycles. The number of nitrogens with one attached hydrogen (secondary N) is 1. The number of piperidine rings is 1. The van der Waals surface area contributed by atoms with Gasteiger partial charge in [-0.25, -0.2) is 0 Å². The number of fused-ring (bicyclic) bond motifs is 1. The lowest BCUT2D eigenvalue weighted by atomic mass is 9.57. The number of hydrogen-bond donors (Lipinski definition) is 1. The quantitative estimate of drug-likeness (QED) is 0.575. The van der Waals surface area contributed by atoms with Crippen LogP contribution in [0.1, 0.15) is 42.1 Å². The molecule has 0 aromatic heterocycles. The van der Waals surface area contributed by atoms with Crippen molar-refractivity contribution in [1.82, 2.24) is 10.2 Å². The number of benzene rings is 2. The molecule has 1 aliphatic carbocycles. The van der Waals surface area contributed by atoms with Crippen LogP contribution >= 0.6 is 0 Å². The molecule has 4 rings (SSSR count). The lowest BCUT2D eigenvalue weighted by molar-refractivity contribution is -0.131. The lowest BCUT2D eigenvalue weighted by Crippen LogP contribution is -2.60. The van der Waals surface area contributed by atoms with Gasteiger partial charge in [0.05, 0.1) is 6.10 Å². The number of carbonyl (C=O) groups excluding carboxylic acids is 2. The topological polar surface area (TPSA) is 67.9 Å². The number of ether oxygens (including phenoxy) is 2. The fraction of sp³-hybridized carbons (Fsp3) is 0.462. The number of esters is 1. The van der Waals surface area contributed by atoms with Gasteiger partial charge in [-0.3, -0.25) is 9.59 Å². The summed E-state index contributed by atoms with van der Waals surface area (Å²) in [7, 11) is 3.91. The van der Waals surface area contributed by atoms with Crippen molar-refractivity contribution in [2.24, 2.45) is 5.92 Å². The highest BCUT2D eigenvalue weighted by atomic mass is 16.5. The highest BCUT2D eigenvalue weighted by molar-refractivity contribution is 5.94. The van der Waals surface area contributed by atoms with Crippen molar-refractivity contribution in [1.29, 1.82) is 0 Å². The van der Waals surface area contributed by atoms with Gasteiger partial charge in [0, 0.05) is 43.5 Å². The van der Waals surface area contributed by atoms with Crippen LogP contribution in [0.2, 0.25) is 0 Å². The molecule has 1 aliphatic heterocycles. The monoisotopic (exact) mass is 436 g/mol. The van der Waals surface area contributed by atoms with E-state index in [0.717, 1.165) is 37.9 Å². The summed E-state index contributed by atoms with van der Waals surface area (Å²) >= 11 is 0. The SMILES string of the molecule is COC1C[C@H](NC(=O)c2ccccc2)C[C@]2(c3cccc(OC(C)=O)c3)CCN(C)C[C@@H]12. The van der Waals surface area contributed by atoms with Gasteiger partial charge < -0.3 is 19.7 Å². The summed E-state index contributed by atoms with van der Waals surface area (Å²) in [6.45, 7) is 3.31. The summed E-state index contributed by atoms with van der Waals surface area (Å²) in [6, 6.07) is 17.2. The van der Waals surface area contributed by atoms with Crippen molar-refractivity contribution in [3.63, 3.8) is 0 Å². The van der Waals surface area contributed by atoms with E-state index in [0.29, 0.717) is 11.3 Å².